The van der Waals surface area contributed by atoms with Crippen molar-refractivity contribution in [2.24, 2.45) is 5.92 Å². The monoisotopic (exact) mass is 371 g/mol. The lowest BCUT2D eigenvalue weighted by molar-refractivity contribution is -0.122. The van der Waals surface area contributed by atoms with Gasteiger partial charge < -0.3 is 5.32 Å². The number of carbonyl (C=O) groups is 1. The van der Waals surface area contributed by atoms with E-state index < -0.39 is 0 Å². The first kappa shape index (κ1) is 19.6. The molecular formula is C22H30FN3O. The van der Waals surface area contributed by atoms with E-state index in [2.05, 4.69) is 24.3 Å². The van der Waals surface area contributed by atoms with E-state index in [0.717, 1.165) is 54.7 Å². The zero-order valence-corrected chi connectivity index (χ0v) is 16.8. The van der Waals surface area contributed by atoms with Crippen LogP contribution in [0.3, 0.4) is 0 Å². The standard InChI is InChI=1S/C22H30FN3O/c1-15(2)14-26-17(4)20(16(3)25-26)13-21(27)24-22(11-5-6-12-22)18-7-9-19(23)10-8-18/h7-10,15H,5-6,11-14H2,1-4H3,(H,24,27). The summed E-state index contributed by atoms with van der Waals surface area (Å²) in [7, 11) is 0. The largest absolute Gasteiger partial charge is 0.346 e. The third kappa shape index (κ3) is 4.23. The van der Waals surface area contributed by atoms with Gasteiger partial charge in [0.1, 0.15) is 5.82 Å². The first-order valence-electron chi connectivity index (χ1n) is 9.91. The lowest BCUT2D eigenvalue weighted by Crippen LogP contribution is -2.44. The van der Waals surface area contributed by atoms with E-state index in [1.165, 1.54) is 12.1 Å². The lowest BCUT2D eigenvalue weighted by atomic mass is 9.87. The molecule has 0 aliphatic heterocycles. The van der Waals surface area contributed by atoms with Crippen molar-refractivity contribution < 1.29 is 9.18 Å². The van der Waals surface area contributed by atoms with Gasteiger partial charge in [-0.1, -0.05) is 38.8 Å². The topological polar surface area (TPSA) is 46.9 Å². The van der Waals surface area contributed by atoms with Gasteiger partial charge in [-0.15, -0.1) is 0 Å². The molecule has 5 heteroatoms. The molecule has 3 rings (SSSR count). The second-order valence-corrected chi connectivity index (χ2v) is 8.25. The molecule has 1 saturated carbocycles. The number of benzene rings is 1. The van der Waals surface area contributed by atoms with Crippen LogP contribution in [-0.4, -0.2) is 15.7 Å². The third-order valence-corrected chi connectivity index (χ3v) is 5.64. The van der Waals surface area contributed by atoms with Gasteiger partial charge in [0.15, 0.2) is 0 Å². The van der Waals surface area contributed by atoms with Crippen molar-refractivity contribution in [2.45, 2.75) is 71.9 Å². The van der Waals surface area contributed by atoms with Crippen molar-refractivity contribution >= 4 is 5.91 Å². The van der Waals surface area contributed by atoms with Crippen LogP contribution in [0, 0.1) is 25.6 Å². The van der Waals surface area contributed by atoms with Crippen molar-refractivity contribution in [3.05, 3.63) is 52.6 Å². The number of nitrogens with zero attached hydrogens (tertiary/aromatic N) is 2. The average Bonchev–Trinajstić information content (AvgIpc) is 3.16. The SMILES string of the molecule is Cc1nn(CC(C)C)c(C)c1CC(=O)NC1(c2ccc(F)cc2)CCCC1. The number of rotatable bonds is 6. The molecular weight excluding hydrogens is 341 g/mol. The number of aryl methyl sites for hydroxylation is 1. The van der Waals surface area contributed by atoms with Gasteiger partial charge in [-0.3, -0.25) is 9.48 Å². The van der Waals surface area contributed by atoms with Gasteiger partial charge >= 0.3 is 0 Å². The summed E-state index contributed by atoms with van der Waals surface area (Å²) in [6, 6.07) is 6.56. The highest BCUT2D eigenvalue weighted by atomic mass is 19.1. The number of amides is 1. The van der Waals surface area contributed by atoms with Gasteiger partial charge in [0.25, 0.3) is 0 Å². The Morgan fingerprint density at radius 1 is 1.22 bits per heavy atom. The van der Waals surface area contributed by atoms with E-state index in [9.17, 15) is 9.18 Å². The molecule has 2 aromatic rings. The molecule has 0 radical (unpaired) electrons. The van der Waals surface area contributed by atoms with Gasteiger partial charge in [-0.25, -0.2) is 4.39 Å². The Hall–Kier alpha value is -2.17. The van der Waals surface area contributed by atoms with Crippen LogP contribution in [0.4, 0.5) is 4.39 Å². The highest BCUT2D eigenvalue weighted by Crippen LogP contribution is 2.39. The molecule has 27 heavy (non-hydrogen) atoms. The molecule has 1 fully saturated rings. The van der Waals surface area contributed by atoms with Crippen LogP contribution in [0.25, 0.3) is 0 Å². The van der Waals surface area contributed by atoms with Crippen LogP contribution in [0.1, 0.15) is 62.0 Å². The fraction of sp³-hybridized carbons (Fsp3) is 0.545. The van der Waals surface area contributed by atoms with Crippen LogP contribution >= 0.6 is 0 Å². The molecule has 0 spiro atoms. The molecule has 1 amide bonds. The minimum absolute atomic E-state index is 0.0107. The number of nitrogens with one attached hydrogen (secondary N) is 1. The van der Waals surface area contributed by atoms with Gasteiger partial charge in [-0.2, -0.15) is 5.10 Å². The highest BCUT2D eigenvalue weighted by molar-refractivity contribution is 5.80. The van der Waals surface area contributed by atoms with Crippen molar-refractivity contribution in [3.8, 4) is 0 Å². The Morgan fingerprint density at radius 3 is 2.44 bits per heavy atom. The quantitative estimate of drug-likeness (QED) is 0.817. The summed E-state index contributed by atoms with van der Waals surface area (Å²) >= 11 is 0. The number of carbonyl (C=O) groups excluding carboxylic acids is 1. The Bertz CT molecular complexity index is 802. The van der Waals surface area contributed by atoms with Crippen molar-refractivity contribution in [2.75, 3.05) is 0 Å². The number of halogens is 1. The summed E-state index contributed by atoms with van der Waals surface area (Å²) in [6.45, 7) is 9.19. The summed E-state index contributed by atoms with van der Waals surface area (Å²) in [5, 5.41) is 7.90. The number of aromatic nitrogens is 2. The third-order valence-electron chi connectivity index (χ3n) is 5.64. The first-order valence-corrected chi connectivity index (χ1v) is 9.91. The predicted molar refractivity (Wildman–Crippen MR) is 105 cm³/mol. The minimum Gasteiger partial charge on any atom is -0.346 e. The van der Waals surface area contributed by atoms with E-state index in [1.54, 1.807) is 12.1 Å². The molecule has 0 unspecified atom stereocenters. The lowest BCUT2D eigenvalue weighted by Gasteiger charge is -2.31. The number of hydrogen-bond acceptors (Lipinski definition) is 2. The second kappa shape index (κ2) is 7.83. The highest BCUT2D eigenvalue weighted by Gasteiger charge is 2.37. The van der Waals surface area contributed by atoms with Crippen LogP contribution in [0.15, 0.2) is 24.3 Å². The molecule has 1 N–H and O–H groups in total. The zero-order valence-electron chi connectivity index (χ0n) is 16.8. The Labute approximate surface area is 161 Å². The summed E-state index contributed by atoms with van der Waals surface area (Å²) in [5.41, 5.74) is 3.63. The van der Waals surface area contributed by atoms with Gasteiger partial charge in [0, 0.05) is 17.8 Å². The van der Waals surface area contributed by atoms with Gasteiger partial charge in [-0.05, 0) is 50.3 Å². The fourth-order valence-corrected chi connectivity index (χ4v) is 4.22. The summed E-state index contributed by atoms with van der Waals surface area (Å²) in [4.78, 5) is 12.9. The molecule has 1 aromatic heterocycles. The van der Waals surface area contributed by atoms with Gasteiger partial charge in [0.2, 0.25) is 5.91 Å². The van der Waals surface area contributed by atoms with Crippen LogP contribution in [-0.2, 0) is 23.3 Å². The minimum atomic E-state index is -0.374. The molecule has 0 bridgehead atoms. The summed E-state index contributed by atoms with van der Waals surface area (Å²) in [5.74, 6) is 0.267. The van der Waals surface area contributed by atoms with Crippen molar-refractivity contribution in [3.63, 3.8) is 0 Å². The molecule has 0 saturated heterocycles. The predicted octanol–water partition coefficient (Wildman–Crippen LogP) is 4.42. The maximum absolute atomic E-state index is 13.3. The summed E-state index contributed by atoms with van der Waals surface area (Å²) in [6.07, 6.45) is 4.27. The van der Waals surface area contributed by atoms with E-state index in [1.807, 2.05) is 18.5 Å². The molecule has 1 aromatic carbocycles. The van der Waals surface area contributed by atoms with Crippen molar-refractivity contribution in [1.82, 2.24) is 15.1 Å². The Morgan fingerprint density at radius 2 is 1.85 bits per heavy atom. The van der Waals surface area contributed by atoms with Gasteiger partial charge in [0.05, 0.1) is 17.7 Å². The molecule has 146 valence electrons. The summed E-state index contributed by atoms with van der Waals surface area (Å²) < 4.78 is 15.3. The van der Waals surface area contributed by atoms with E-state index in [-0.39, 0.29) is 17.3 Å². The van der Waals surface area contributed by atoms with E-state index >= 15 is 0 Å². The molecule has 1 aliphatic carbocycles. The maximum atomic E-state index is 13.3. The van der Waals surface area contributed by atoms with Crippen LogP contribution in [0.2, 0.25) is 0 Å². The van der Waals surface area contributed by atoms with Crippen LogP contribution < -0.4 is 5.32 Å². The van der Waals surface area contributed by atoms with Crippen LogP contribution in [0.5, 0.6) is 0 Å². The van der Waals surface area contributed by atoms with E-state index in [4.69, 9.17) is 0 Å². The molecule has 4 nitrogen and oxygen atoms in total. The average molecular weight is 372 g/mol. The smallest absolute Gasteiger partial charge is 0.225 e. The molecule has 0 atom stereocenters. The normalized spacial score (nSPS) is 16.1. The maximum Gasteiger partial charge on any atom is 0.225 e. The Balaban J connectivity index is 1.78. The second-order valence-electron chi connectivity index (χ2n) is 8.25. The Kier molecular flexibility index (Phi) is 5.68. The molecule has 1 heterocycles. The van der Waals surface area contributed by atoms with Crippen molar-refractivity contribution in [1.29, 1.82) is 0 Å². The first-order chi connectivity index (χ1) is 12.8. The molecule has 1 aliphatic rings. The van der Waals surface area contributed by atoms with E-state index in [0.29, 0.717) is 12.3 Å². The fourth-order valence-electron chi connectivity index (χ4n) is 4.22. The number of hydrogen-bond donors (Lipinski definition) is 1. The zero-order chi connectivity index (χ0) is 19.6.